The van der Waals surface area contributed by atoms with Gasteiger partial charge in [-0.1, -0.05) is 25.1 Å². The van der Waals surface area contributed by atoms with Crippen molar-refractivity contribution in [3.63, 3.8) is 0 Å². The Bertz CT molecular complexity index is 898. The van der Waals surface area contributed by atoms with E-state index in [0.717, 1.165) is 34.9 Å². The number of carbonyl (C=O) groups is 1. The summed E-state index contributed by atoms with van der Waals surface area (Å²) in [5.41, 5.74) is 3.11. The SMILES string of the molecule is CC(CC(=O)O)c1ccc2c(c1)CCN(c1cc(OC(F)(F)F)ccc1F)CC2. The van der Waals surface area contributed by atoms with E-state index in [1.54, 1.807) is 4.90 Å². The fraction of sp³-hybridized carbons (Fsp3) is 0.381. The van der Waals surface area contributed by atoms with E-state index in [2.05, 4.69) is 4.74 Å². The molecule has 0 fully saturated rings. The van der Waals surface area contributed by atoms with Gasteiger partial charge in [-0.3, -0.25) is 4.79 Å². The largest absolute Gasteiger partial charge is 0.573 e. The van der Waals surface area contributed by atoms with Crippen LogP contribution in [0.4, 0.5) is 23.2 Å². The molecule has 2 aromatic rings. The molecule has 1 N–H and O–H groups in total. The van der Waals surface area contributed by atoms with Crippen LogP contribution in [0.2, 0.25) is 0 Å². The quantitative estimate of drug-likeness (QED) is 0.711. The van der Waals surface area contributed by atoms with Crippen molar-refractivity contribution >= 4 is 11.7 Å². The predicted octanol–water partition coefficient (Wildman–Crippen LogP) is 4.91. The Labute approximate surface area is 165 Å². The molecule has 1 aliphatic heterocycles. The second-order valence-corrected chi connectivity index (χ2v) is 7.18. The van der Waals surface area contributed by atoms with E-state index in [4.69, 9.17) is 5.11 Å². The van der Waals surface area contributed by atoms with Gasteiger partial charge in [-0.25, -0.2) is 4.39 Å². The van der Waals surface area contributed by atoms with Crippen LogP contribution in [0.15, 0.2) is 36.4 Å². The molecule has 1 heterocycles. The van der Waals surface area contributed by atoms with Crippen LogP contribution < -0.4 is 9.64 Å². The van der Waals surface area contributed by atoms with Crippen LogP contribution in [0.25, 0.3) is 0 Å². The number of hydrogen-bond donors (Lipinski definition) is 1. The minimum atomic E-state index is -4.84. The van der Waals surface area contributed by atoms with Gasteiger partial charge in [0.1, 0.15) is 11.6 Å². The summed E-state index contributed by atoms with van der Waals surface area (Å²) in [5.74, 6) is -2.07. The Morgan fingerprint density at radius 2 is 1.83 bits per heavy atom. The van der Waals surface area contributed by atoms with Crippen LogP contribution in [-0.2, 0) is 17.6 Å². The van der Waals surface area contributed by atoms with Gasteiger partial charge in [-0.05, 0) is 47.6 Å². The molecule has 0 amide bonds. The Morgan fingerprint density at radius 1 is 1.14 bits per heavy atom. The predicted molar refractivity (Wildman–Crippen MR) is 99.8 cm³/mol. The molecule has 29 heavy (non-hydrogen) atoms. The van der Waals surface area contributed by atoms with E-state index in [1.807, 2.05) is 25.1 Å². The summed E-state index contributed by atoms with van der Waals surface area (Å²) in [7, 11) is 0. The number of nitrogens with zero attached hydrogens (tertiary/aromatic N) is 1. The lowest BCUT2D eigenvalue weighted by molar-refractivity contribution is -0.274. The van der Waals surface area contributed by atoms with Crippen molar-refractivity contribution in [1.82, 2.24) is 0 Å². The number of halogens is 4. The molecule has 1 atom stereocenters. The number of fused-ring (bicyclic) bond motifs is 1. The zero-order valence-corrected chi connectivity index (χ0v) is 15.8. The first kappa shape index (κ1) is 21.0. The smallest absolute Gasteiger partial charge is 0.481 e. The standard InChI is InChI=1S/C21H21F4NO3/c1-13(10-20(27)28)15-3-2-14-6-8-26(9-7-16(14)11-15)19-12-17(4-5-18(19)22)29-21(23,24)25/h2-5,11-13H,6-10H2,1H3,(H,27,28). The number of ether oxygens (including phenoxy) is 1. The number of alkyl halides is 3. The number of carboxylic acid groups (broad SMARTS) is 1. The molecule has 0 aromatic heterocycles. The molecule has 2 aromatic carbocycles. The molecule has 1 aliphatic rings. The fourth-order valence-electron chi connectivity index (χ4n) is 3.60. The average molecular weight is 411 g/mol. The van der Waals surface area contributed by atoms with Gasteiger partial charge in [-0.15, -0.1) is 13.2 Å². The molecule has 8 heteroatoms. The molecule has 0 saturated carbocycles. The van der Waals surface area contributed by atoms with E-state index >= 15 is 0 Å². The van der Waals surface area contributed by atoms with Crippen LogP contribution in [0.1, 0.15) is 36.0 Å². The van der Waals surface area contributed by atoms with E-state index in [1.165, 1.54) is 0 Å². The summed E-state index contributed by atoms with van der Waals surface area (Å²) in [6.45, 7) is 2.72. The molecule has 4 nitrogen and oxygen atoms in total. The molecular weight excluding hydrogens is 390 g/mol. The highest BCUT2D eigenvalue weighted by molar-refractivity contribution is 5.68. The Kier molecular flexibility index (Phi) is 6.00. The van der Waals surface area contributed by atoms with Crippen LogP contribution in [0, 0.1) is 5.82 Å². The van der Waals surface area contributed by atoms with Crippen LogP contribution in [0.3, 0.4) is 0 Å². The number of hydrogen-bond acceptors (Lipinski definition) is 3. The molecule has 0 aliphatic carbocycles. The summed E-state index contributed by atoms with van der Waals surface area (Å²) in [5, 5.41) is 8.99. The van der Waals surface area contributed by atoms with E-state index < -0.39 is 23.9 Å². The van der Waals surface area contributed by atoms with Crippen molar-refractivity contribution in [3.05, 3.63) is 58.9 Å². The maximum Gasteiger partial charge on any atom is 0.573 e. The van der Waals surface area contributed by atoms with Crippen molar-refractivity contribution in [3.8, 4) is 5.75 Å². The molecule has 1 unspecified atom stereocenters. The van der Waals surface area contributed by atoms with Gasteiger partial charge in [0, 0.05) is 19.2 Å². The highest BCUT2D eigenvalue weighted by Crippen LogP contribution is 2.31. The summed E-state index contributed by atoms with van der Waals surface area (Å²) in [6.07, 6.45) is -3.63. The number of benzene rings is 2. The van der Waals surface area contributed by atoms with E-state index in [9.17, 15) is 22.4 Å². The zero-order chi connectivity index (χ0) is 21.2. The molecular formula is C21H21F4NO3. The number of rotatable bonds is 5. The third-order valence-corrected chi connectivity index (χ3v) is 5.07. The number of carboxylic acids is 1. The third-order valence-electron chi connectivity index (χ3n) is 5.07. The van der Waals surface area contributed by atoms with Crippen molar-refractivity contribution < 1.29 is 32.2 Å². The van der Waals surface area contributed by atoms with E-state index in [-0.39, 0.29) is 18.0 Å². The van der Waals surface area contributed by atoms with Crippen molar-refractivity contribution in [2.75, 3.05) is 18.0 Å². The fourth-order valence-corrected chi connectivity index (χ4v) is 3.60. The lowest BCUT2D eigenvalue weighted by Crippen LogP contribution is -2.27. The van der Waals surface area contributed by atoms with Crippen LogP contribution in [-0.4, -0.2) is 30.5 Å². The first-order valence-corrected chi connectivity index (χ1v) is 9.26. The topological polar surface area (TPSA) is 49.8 Å². The van der Waals surface area contributed by atoms with Gasteiger partial charge in [0.15, 0.2) is 0 Å². The highest BCUT2D eigenvalue weighted by atomic mass is 19.4. The average Bonchev–Trinajstić information content (AvgIpc) is 2.83. The molecule has 0 radical (unpaired) electrons. The molecule has 0 bridgehead atoms. The first-order valence-electron chi connectivity index (χ1n) is 9.26. The summed E-state index contributed by atoms with van der Waals surface area (Å²) in [4.78, 5) is 12.7. The lowest BCUT2D eigenvalue weighted by atomic mass is 9.92. The molecule has 156 valence electrons. The van der Waals surface area contributed by atoms with Crippen molar-refractivity contribution in [1.29, 1.82) is 0 Å². The van der Waals surface area contributed by atoms with Gasteiger partial charge in [0.2, 0.25) is 0 Å². The summed E-state index contributed by atoms with van der Waals surface area (Å²) in [6, 6.07) is 8.83. The second kappa shape index (κ2) is 8.31. The Morgan fingerprint density at radius 3 is 2.48 bits per heavy atom. The maximum absolute atomic E-state index is 14.3. The monoisotopic (exact) mass is 411 g/mol. The Hall–Kier alpha value is -2.77. The van der Waals surface area contributed by atoms with Crippen molar-refractivity contribution in [2.45, 2.75) is 38.5 Å². The van der Waals surface area contributed by atoms with Gasteiger partial charge in [-0.2, -0.15) is 0 Å². The molecule has 3 rings (SSSR count). The highest BCUT2D eigenvalue weighted by Gasteiger charge is 2.31. The van der Waals surface area contributed by atoms with E-state index in [0.29, 0.717) is 25.9 Å². The summed E-state index contributed by atoms with van der Waals surface area (Å²) < 4.78 is 55.6. The lowest BCUT2D eigenvalue weighted by Gasteiger charge is -2.24. The number of aliphatic carboxylic acids is 1. The summed E-state index contributed by atoms with van der Waals surface area (Å²) >= 11 is 0. The zero-order valence-electron chi connectivity index (χ0n) is 15.8. The van der Waals surface area contributed by atoms with Gasteiger partial charge in [0.25, 0.3) is 0 Å². The van der Waals surface area contributed by atoms with Crippen LogP contribution >= 0.6 is 0 Å². The third kappa shape index (κ3) is 5.40. The second-order valence-electron chi connectivity index (χ2n) is 7.18. The molecule has 0 saturated heterocycles. The minimum Gasteiger partial charge on any atom is -0.481 e. The van der Waals surface area contributed by atoms with Gasteiger partial charge < -0.3 is 14.7 Å². The van der Waals surface area contributed by atoms with Crippen LogP contribution in [0.5, 0.6) is 5.75 Å². The first-order chi connectivity index (χ1) is 13.6. The normalized spacial score (nSPS) is 15.4. The molecule has 0 spiro atoms. The maximum atomic E-state index is 14.3. The number of anilines is 1. The Balaban J connectivity index is 1.79. The van der Waals surface area contributed by atoms with Gasteiger partial charge in [0.05, 0.1) is 12.1 Å². The van der Waals surface area contributed by atoms with Crippen molar-refractivity contribution in [2.24, 2.45) is 0 Å². The van der Waals surface area contributed by atoms with Gasteiger partial charge >= 0.3 is 12.3 Å². The minimum absolute atomic E-state index is 0.0299.